The summed E-state index contributed by atoms with van der Waals surface area (Å²) in [5.41, 5.74) is 1.49. The zero-order valence-corrected chi connectivity index (χ0v) is 9.33. The predicted molar refractivity (Wildman–Crippen MR) is 61.4 cm³/mol. The average molecular weight is 245 g/mol. The van der Waals surface area contributed by atoms with Crippen LogP contribution in [0, 0.1) is 0 Å². The van der Waals surface area contributed by atoms with Crippen LogP contribution in [0.4, 0.5) is 0 Å². The van der Waals surface area contributed by atoms with Crippen LogP contribution in [-0.2, 0) is 0 Å². The lowest BCUT2D eigenvalue weighted by atomic mass is 10.1. The zero-order chi connectivity index (χ0) is 10.1. The van der Waals surface area contributed by atoms with Crippen LogP contribution in [0.25, 0.3) is 11.1 Å². The number of thiophene rings is 1. The minimum Gasteiger partial charge on any atom is -0.507 e. The van der Waals surface area contributed by atoms with Crippen molar-refractivity contribution in [3.05, 3.63) is 39.0 Å². The van der Waals surface area contributed by atoms with Gasteiger partial charge < -0.3 is 5.11 Å². The molecule has 0 atom stereocenters. The molecule has 0 aliphatic carbocycles. The monoisotopic (exact) mass is 244 g/mol. The van der Waals surface area contributed by atoms with Gasteiger partial charge in [-0.05, 0) is 29.6 Å². The van der Waals surface area contributed by atoms with Crippen LogP contribution in [0.2, 0.25) is 9.36 Å². The van der Waals surface area contributed by atoms with Gasteiger partial charge in [-0.3, -0.25) is 0 Å². The largest absolute Gasteiger partial charge is 0.507 e. The third kappa shape index (κ3) is 1.73. The van der Waals surface area contributed by atoms with E-state index in [0.29, 0.717) is 14.9 Å². The first kappa shape index (κ1) is 9.84. The number of hydrogen-bond donors (Lipinski definition) is 1. The molecule has 0 spiro atoms. The maximum absolute atomic E-state index is 9.62. The summed E-state index contributed by atoms with van der Waals surface area (Å²) >= 11 is 13.2. The number of halogens is 2. The maximum Gasteiger partial charge on any atom is 0.123 e. The predicted octanol–water partition coefficient (Wildman–Crippen LogP) is 4.43. The highest BCUT2D eigenvalue weighted by Crippen LogP contribution is 2.38. The Hall–Kier alpha value is -0.700. The van der Waals surface area contributed by atoms with Crippen LogP contribution in [-0.4, -0.2) is 5.11 Å². The van der Waals surface area contributed by atoms with Gasteiger partial charge in [0.25, 0.3) is 0 Å². The summed E-state index contributed by atoms with van der Waals surface area (Å²) < 4.78 is 0.655. The highest BCUT2D eigenvalue weighted by atomic mass is 35.5. The van der Waals surface area contributed by atoms with Crippen molar-refractivity contribution in [3.63, 3.8) is 0 Å². The smallest absolute Gasteiger partial charge is 0.123 e. The van der Waals surface area contributed by atoms with Crippen molar-refractivity contribution in [1.82, 2.24) is 0 Å². The maximum atomic E-state index is 9.62. The first-order valence-corrected chi connectivity index (χ1v) is 5.54. The van der Waals surface area contributed by atoms with Crippen molar-refractivity contribution in [3.8, 4) is 16.9 Å². The van der Waals surface area contributed by atoms with Gasteiger partial charge in [-0.1, -0.05) is 23.2 Å². The molecule has 2 rings (SSSR count). The molecule has 0 unspecified atom stereocenters. The minimum absolute atomic E-state index is 0.190. The van der Waals surface area contributed by atoms with E-state index in [1.807, 2.05) is 11.4 Å². The molecule has 1 aromatic carbocycles. The Kier molecular flexibility index (Phi) is 2.68. The van der Waals surface area contributed by atoms with E-state index in [2.05, 4.69) is 0 Å². The van der Waals surface area contributed by atoms with Crippen molar-refractivity contribution in [2.24, 2.45) is 0 Å². The van der Waals surface area contributed by atoms with Crippen molar-refractivity contribution < 1.29 is 5.11 Å². The van der Waals surface area contributed by atoms with Crippen LogP contribution in [0.1, 0.15) is 0 Å². The molecule has 1 heterocycles. The van der Waals surface area contributed by atoms with Gasteiger partial charge in [0.2, 0.25) is 0 Å². The van der Waals surface area contributed by atoms with Crippen LogP contribution >= 0.6 is 34.5 Å². The highest BCUT2D eigenvalue weighted by Gasteiger charge is 2.09. The Morgan fingerprint density at radius 3 is 2.50 bits per heavy atom. The van der Waals surface area contributed by atoms with Crippen molar-refractivity contribution in [2.75, 3.05) is 0 Å². The lowest BCUT2D eigenvalue weighted by Crippen LogP contribution is -1.76. The van der Waals surface area contributed by atoms with E-state index in [-0.39, 0.29) is 5.75 Å². The topological polar surface area (TPSA) is 20.2 Å². The van der Waals surface area contributed by atoms with Gasteiger partial charge in [-0.15, -0.1) is 11.3 Å². The van der Waals surface area contributed by atoms with Gasteiger partial charge in [-0.2, -0.15) is 0 Å². The van der Waals surface area contributed by atoms with E-state index in [1.165, 1.54) is 11.3 Å². The molecule has 0 amide bonds. The molecule has 0 radical (unpaired) electrons. The molecule has 1 aromatic heterocycles. The summed E-state index contributed by atoms with van der Waals surface area (Å²) in [5.74, 6) is 0.190. The lowest BCUT2D eigenvalue weighted by Gasteiger charge is -2.03. The van der Waals surface area contributed by atoms with Crippen LogP contribution in [0.5, 0.6) is 5.75 Å². The molecule has 0 saturated carbocycles. The van der Waals surface area contributed by atoms with E-state index in [4.69, 9.17) is 23.2 Å². The van der Waals surface area contributed by atoms with Gasteiger partial charge in [0.1, 0.15) is 10.1 Å². The van der Waals surface area contributed by atoms with E-state index in [0.717, 1.165) is 5.56 Å². The summed E-state index contributed by atoms with van der Waals surface area (Å²) in [5, 5.41) is 12.1. The van der Waals surface area contributed by atoms with Crippen LogP contribution in [0.15, 0.2) is 29.6 Å². The second kappa shape index (κ2) is 3.81. The third-order valence-electron chi connectivity index (χ3n) is 1.87. The Labute approximate surface area is 95.5 Å². The Bertz CT molecular complexity index is 465. The number of hydrogen-bond acceptors (Lipinski definition) is 2. The standard InChI is InChI=1S/C10H6Cl2OS/c11-6-1-2-9(13)8(5-6)7-3-4-14-10(7)12/h1-5,13H. The fourth-order valence-corrected chi connectivity index (χ4v) is 2.33. The summed E-state index contributed by atoms with van der Waals surface area (Å²) in [6.45, 7) is 0. The van der Waals surface area contributed by atoms with E-state index in [9.17, 15) is 5.11 Å². The van der Waals surface area contributed by atoms with E-state index < -0.39 is 0 Å². The molecular formula is C10H6Cl2OS. The molecule has 1 nitrogen and oxygen atoms in total. The molecule has 0 aliphatic rings. The minimum atomic E-state index is 0.190. The molecule has 14 heavy (non-hydrogen) atoms. The van der Waals surface area contributed by atoms with Gasteiger partial charge >= 0.3 is 0 Å². The molecule has 0 saturated heterocycles. The third-order valence-corrected chi connectivity index (χ3v) is 3.27. The van der Waals surface area contributed by atoms with Gasteiger partial charge in [0.05, 0.1) is 0 Å². The van der Waals surface area contributed by atoms with E-state index in [1.54, 1.807) is 18.2 Å². The summed E-state index contributed by atoms with van der Waals surface area (Å²) in [6, 6.07) is 6.76. The molecule has 4 heteroatoms. The highest BCUT2D eigenvalue weighted by molar-refractivity contribution is 7.15. The molecule has 0 fully saturated rings. The second-order valence-corrected chi connectivity index (χ2v) is 4.72. The van der Waals surface area contributed by atoms with Crippen molar-refractivity contribution in [1.29, 1.82) is 0 Å². The Morgan fingerprint density at radius 1 is 1.07 bits per heavy atom. The Morgan fingerprint density at radius 2 is 1.86 bits per heavy atom. The molecule has 1 N–H and O–H groups in total. The first-order valence-electron chi connectivity index (χ1n) is 3.90. The molecule has 2 aromatic rings. The average Bonchev–Trinajstić information content (AvgIpc) is 2.56. The summed E-state index contributed by atoms with van der Waals surface area (Å²) in [4.78, 5) is 0. The fraction of sp³-hybridized carbons (Fsp3) is 0. The number of rotatable bonds is 1. The van der Waals surface area contributed by atoms with Gasteiger partial charge in [0, 0.05) is 16.1 Å². The quantitative estimate of drug-likeness (QED) is 0.788. The second-order valence-electron chi connectivity index (χ2n) is 2.77. The number of phenolic OH excluding ortho intramolecular Hbond substituents is 1. The zero-order valence-electron chi connectivity index (χ0n) is 7.00. The van der Waals surface area contributed by atoms with Gasteiger partial charge in [-0.25, -0.2) is 0 Å². The normalized spacial score (nSPS) is 10.4. The van der Waals surface area contributed by atoms with Crippen molar-refractivity contribution in [2.45, 2.75) is 0 Å². The number of benzene rings is 1. The number of phenols is 1. The lowest BCUT2D eigenvalue weighted by molar-refractivity contribution is 0.477. The van der Waals surface area contributed by atoms with Gasteiger partial charge in [0.15, 0.2) is 0 Å². The Balaban J connectivity index is 2.62. The number of aromatic hydroxyl groups is 1. The summed E-state index contributed by atoms with van der Waals surface area (Å²) in [7, 11) is 0. The van der Waals surface area contributed by atoms with Crippen LogP contribution < -0.4 is 0 Å². The fourth-order valence-electron chi connectivity index (χ4n) is 1.21. The molecule has 0 aliphatic heterocycles. The van der Waals surface area contributed by atoms with Crippen molar-refractivity contribution >= 4 is 34.5 Å². The molecular weight excluding hydrogens is 239 g/mol. The van der Waals surface area contributed by atoms with Crippen LogP contribution in [0.3, 0.4) is 0 Å². The molecule has 0 bridgehead atoms. The SMILES string of the molecule is Oc1ccc(Cl)cc1-c1ccsc1Cl. The first-order chi connectivity index (χ1) is 6.68. The summed E-state index contributed by atoms with van der Waals surface area (Å²) in [6.07, 6.45) is 0. The van der Waals surface area contributed by atoms with E-state index >= 15 is 0 Å². The molecule has 72 valence electrons.